The highest BCUT2D eigenvalue weighted by molar-refractivity contribution is 9.10. The van der Waals surface area contributed by atoms with Crippen LogP contribution in [-0.4, -0.2) is 16.8 Å². The van der Waals surface area contributed by atoms with Gasteiger partial charge in [0.15, 0.2) is 0 Å². The Morgan fingerprint density at radius 3 is 2.30 bits per heavy atom. The quantitative estimate of drug-likeness (QED) is 0.580. The SMILES string of the molecule is O=C1N(c2ccccc2)C[C@H](C(Cl)c2ccc(Br)cc2)C1(Cl)Cl. The molecule has 2 atom stereocenters. The largest absolute Gasteiger partial charge is 0.309 e. The molecule has 23 heavy (non-hydrogen) atoms. The monoisotopic (exact) mass is 431 g/mol. The molecule has 0 aliphatic carbocycles. The lowest BCUT2D eigenvalue weighted by atomic mass is 9.97. The van der Waals surface area contributed by atoms with Gasteiger partial charge in [0.2, 0.25) is 4.33 Å². The van der Waals surface area contributed by atoms with Gasteiger partial charge in [-0.15, -0.1) is 11.6 Å². The number of rotatable bonds is 3. The first-order valence-corrected chi connectivity index (χ1v) is 9.04. The van der Waals surface area contributed by atoms with Crippen molar-refractivity contribution in [1.82, 2.24) is 0 Å². The molecule has 1 heterocycles. The Morgan fingerprint density at radius 2 is 1.70 bits per heavy atom. The van der Waals surface area contributed by atoms with E-state index >= 15 is 0 Å². The van der Waals surface area contributed by atoms with Gasteiger partial charge in [-0.1, -0.05) is 69.5 Å². The number of nitrogens with zero attached hydrogens (tertiary/aromatic N) is 1. The van der Waals surface area contributed by atoms with Crippen LogP contribution >= 0.6 is 50.7 Å². The normalized spacial score (nSPS) is 21.5. The number of para-hydroxylation sites is 1. The summed E-state index contributed by atoms with van der Waals surface area (Å²) in [5, 5.41) is -0.462. The van der Waals surface area contributed by atoms with Gasteiger partial charge < -0.3 is 4.90 Å². The smallest absolute Gasteiger partial charge is 0.263 e. The Hall–Kier alpha value is -0.740. The molecule has 120 valence electrons. The minimum atomic E-state index is -1.55. The van der Waals surface area contributed by atoms with Crippen LogP contribution in [-0.2, 0) is 4.79 Å². The van der Waals surface area contributed by atoms with Crippen molar-refractivity contribution < 1.29 is 4.79 Å². The number of anilines is 1. The predicted molar refractivity (Wildman–Crippen MR) is 99.5 cm³/mol. The summed E-state index contributed by atoms with van der Waals surface area (Å²) in [6, 6.07) is 17.0. The van der Waals surface area contributed by atoms with E-state index in [4.69, 9.17) is 34.8 Å². The van der Waals surface area contributed by atoms with E-state index in [0.29, 0.717) is 6.54 Å². The molecule has 1 aliphatic rings. The van der Waals surface area contributed by atoms with Gasteiger partial charge in [0.1, 0.15) is 0 Å². The fourth-order valence-electron chi connectivity index (χ4n) is 2.72. The van der Waals surface area contributed by atoms with Crippen LogP contribution in [0.3, 0.4) is 0 Å². The Bertz CT molecular complexity index is 706. The van der Waals surface area contributed by atoms with Gasteiger partial charge in [0, 0.05) is 22.6 Å². The Labute approximate surface area is 158 Å². The lowest BCUT2D eigenvalue weighted by molar-refractivity contribution is -0.117. The van der Waals surface area contributed by atoms with Gasteiger partial charge in [-0.25, -0.2) is 0 Å². The molecule has 2 aromatic carbocycles. The third-order valence-electron chi connectivity index (χ3n) is 3.98. The molecular weight excluding hydrogens is 420 g/mol. The lowest BCUT2D eigenvalue weighted by Crippen LogP contribution is -2.34. The van der Waals surface area contributed by atoms with Crippen LogP contribution < -0.4 is 4.90 Å². The summed E-state index contributed by atoms with van der Waals surface area (Å²) >= 11 is 22.8. The summed E-state index contributed by atoms with van der Waals surface area (Å²) < 4.78 is -0.587. The standard InChI is InChI=1S/C17H13BrCl3NO/c18-12-8-6-11(7-9-12)15(19)14-10-22(16(23)17(14,20)21)13-4-2-1-3-5-13/h1-9,14-15H,10H2/t14-,15?/m1/s1. The average Bonchev–Trinajstić information content (AvgIpc) is 2.79. The topological polar surface area (TPSA) is 20.3 Å². The highest BCUT2D eigenvalue weighted by atomic mass is 79.9. The lowest BCUT2D eigenvalue weighted by Gasteiger charge is -2.23. The Morgan fingerprint density at radius 1 is 1.09 bits per heavy atom. The molecule has 0 N–H and O–H groups in total. The number of amides is 1. The van der Waals surface area contributed by atoms with Crippen molar-refractivity contribution in [1.29, 1.82) is 0 Å². The molecule has 3 rings (SSSR count). The summed E-state index contributed by atoms with van der Waals surface area (Å²) in [6.07, 6.45) is 0. The summed E-state index contributed by atoms with van der Waals surface area (Å²) in [5.41, 5.74) is 1.65. The average molecular weight is 434 g/mol. The number of hydrogen-bond donors (Lipinski definition) is 0. The maximum absolute atomic E-state index is 12.6. The molecular formula is C17H13BrCl3NO. The van der Waals surface area contributed by atoms with Crippen LogP contribution in [0.15, 0.2) is 59.1 Å². The van der Waals surface area contributed by atoms with E-state index < -0.39 is 15.6 Å². The van der Waals surface area contributed by atoms with E-state index in [2.05, 4.69) is 15.9 Å². The second-order valence-corrected chi connectivity index (χ2v) is 8.21. The van der Waals surface area contributed by atoms with Crippen molar-refractivity contribution >= 4 is 62.3 Å². The summed E-state index contributed by atoms with van der Waals surface area (Å²) in [6.45, 7) is 0.375. The van der Waals surface area contributed by atoms with Crippen LogP contribution in [0.1, 0.15) is 10.9 Å². The van der Waals surface area contributed by atoms with E-state index in [1.807, 2.05) is 54.6 Å². The fraction of sp³-hybridized carbons (Fsp3) is 0.235. The number of benzene rings is 2. The highest BCUT2D eigenvalue weighted by Gasteiger charge is 2.55. The van der Waals surface area contributed by atoms with Gasteiger partial charge >= 0.3 is 0 Å². The minimum Gasteiger partial charge on any atom is -0.309 e. The van der Waals surface area contributed by atoms with Crippen LogP contribution in [0.2, 0.25) is 0 Å². The highest BCUT2D eigenvalue weighted by Crippen LogP contribution is 2.48. The van der Waals surface area contributed by atoms with E-state index in [1.54, 1.807) is 4.90 Å². The van der Waals surface area contributed by atoms with Crippen LogP contribution in [0, 0.1) is 5.92 Å². The molecule has 0 saturated carbocycles. The molecule has 1 unspecified atom stereocenters. The molecule has 1 aliphatic heterocycles. The van der Waals surface area contributed by atoms with Crippen molar-refractivity contribution in [2.24, 2.45) is 5.92 Å². The Balaban J connectivity index is 1.90. The molecule has 0 aromatic heterocycles. The van der Waals surface area contributed by atoms with E-state index in [-0.39, 0.29) is 5.91 Å². The molecule has 0 bridgehead atoms. The zero-order chi connectivity index (χ0) is 16.6. The Kier molecular flexibility index (Phi) is 4.93. The van der Waals surface area contributed by atoms with Crippen molar-refractivity contribution in [3.8, 4) is 0 Å². The summed E-state index contributed by atoms with van der Waals surface area (Å²) in [4.78, 5) is 14.2. The summed E-state index contributed by atoms with van der Waals surface area (Å²) in [5.74, 6) is -0.749. The molecule has 1 saturated heterocycles. The van der Waals surface area contributed by atoms with Gasteiger partial charge in [-0.3, -0.25) is 4.79 Å². The van der Waals surface area contributed by atoms with Crippen LogP contribution in [0.4, 0.5) is 5.69 Å². The fourth-order valence-corrected chi connectivity index (χ4v) is 4.12. The van der Waals surface area contributed by atoms with Gasteiger partial charge in [0.05, 0.1) is 5.38 Å². The van der Waals surface area contributed by atoms with E-state index in [1.165, 1.54) is 0 Å². The second-order valence-electron chi connectivity index (χ2n) is 5.43. The van der Waals surface area contributed by atoms with E-state index in [0.717, 1.165) is 15.7 Å². The summed E-state index contributed by atoms with van der Waals surface area (Å²) in [7, 11) is 0. The van der Waals surface area contributed by atoms with Crippen molar-refractivity contribution in [2.75, 3.05) is 11.4 Å². The van der Waals surface area contributed by atoms with Crippen molar-refractivity contribution in [3.05, 3.63) is 64.6 Å². The molecule has 1 amide bonds. The second kappa shape index (κ2) is 6.64. The number of carbonyl (C=O) groups excluding carboxylic acids is 1. The first-order valence-electron chi connectivity index (χ1n) is 7.05. The van der Waals surface area contributed by atoms with Crippen molar-refractivity contribution in [3.63, 3.8) is 0 Å². The van der Waals surface area contributed by atoms with E-state index in [9.17, 15) is 4.79 Å². The van der Waals surface area contributed by atoms with Crippen molar-refractivity contribution in [2.45, 2.75) is 9.71 Å². The zero-order valence-electron chi connectivity index (χ0n) is 11.9. The van der Waals surface area contributed by atoms with Crippen LogP contribution in [0.5, 0.6) is 0 Å². The zero-order valence-corrected chi connectivity index (χ0v) is 15.8. The first kappa shape index (κ1) is 17.1. The first-order chi connectivity index (χ1) is 10.9. The van der Waals surface area contributed by atoms with Gasteiger partial charge in [0.25, 0.3) is 5.91 Å². The maximum Gasteiger partial charge on any atom is 0.263 e. The molecule has 2 aromatic rings. The van der Waals surface area contributed by atoms with Crippen LogP contribution in [0.25, 0.3) is 0 Å². The minimum absolute atomic E-state index is 0.334. The number of alkyl halides is 3. The third kappa shape index (κ3) is 3.25. The number of hydrogen-bond acceptors (Lipinski definition) is 1. The van der Waals surface area contributed by atoms with Gasteiger partial charge in [-0.05, 0) is 29.8 Å². The molecule has 1 fully saturated rings. The number of carbonyl (C=O) groups is 1. The molecule has 0 spiro atoms. The third-order valence-corrected chi connectivity index (χ3v) is 5.95. The predicted octanol–water partition coefficient (Wildman–Crippen LogP) is 5.57. The molecule has 0 radical (unpaired) electrons. The maximum atomic E-state index is 12.6. The molecule has 6 heteroatoms. The number of halogens is 4. The molecule has 2 nitrogen and oxygen atoms in total. The van der Waals surface area contributed by atoms with Gasteiger partial charge in [-0.2, -0.15) is 0 Å².